The molecule has 1 aromatic rings. The number of aliphatic hydroxyl groups excluding tert-OH is 1. The monoisotopic (exact) mass is 246 g/mol. The van der Waals surface area contributed by atoms with E-state index in [0.717, 1.165) is 0 Å². The van der Waals surface area contributed by atoms with Crippen LogP contribution in [-0.4, -0.2) is 29.3 Å². The number of benzene rings is 1. The van der Waals surface area contributed by atoms with E-state index in [1.165, 1.54) is 18.2 Å². The molecule has 16 heavy (non-hydrogen) atoms. The van der Waals surface area contributed by atoms with Gasteiger partial charge in [-0.1, -0.05) is 11.6 Å². The summed E-state index contributed by atoms with van der Waals surface area (Å²) in [6.45, 7) is 0.0681. The predicted molar refractivity (Wildman–Crippen MR) is 58.7 cm³/mol. The summed E-state index contributed by atoms with van der Waals surface area (Å²) < 4.78 is 5.14. The maximum Gasteiger partial charge on any atom is 0.271 e. The Kier molecular flexibility index (Phi) is 4.48. The summed E-state index contributed by atoms with van der Waals surface area (Å²) in [5, 5.41) is 19.7. The quantitative estimate of drug-likeness (QED) is 0.595. The molecule has 0 aromatic heterocycles. The van der Waals surface area contributed by atoms with Crippen LogP contribution in [0.4, 0.5) is 5.69 Å². The number of hydrogen-bond donors (Lipinski definition) is 2. The van der Waals surface area contributed by atoms with Gasteiger partial charge in [0.25, 0.3) is 5.69 Å². The number of nitrogens with two attached hydrogens (primary N) is 1. The molecule has 0 spiro atoms. The number of non-ortho nitro benzene ring substituents is 1. The fraction of sp³-hybridized carbons (Fsp3) is 0.333. The fourth-order valence-corrected chi connectivity index (χ4v) is 1.20. The summed E-state index contributed by atoms with van der Waals surface area (Å²) in [7, 11) is 0. The van der Waals surface area contributed by atoms with E-state index in [1.54, 1.807) is 0 Å². The van der Waals surface area contributed by atoms with Gasteiger partial charge in [0.1, 0.15) is 18.5 Å². The van der Waals surface area contributed by atoms with Crippen molar-refractivity contribution in [2.75, 3.05) is 13.2 Å². The molecule has 0 fully saturated rings. The average Bonchev–Trinajstić information content (AvgIpc) is 2.26. The molecule has 1 rings (SSSR count). The Labute approximate surface area is 96.7 Å². The van der Waals surface area contributed by atoms with Crippen molar-refractivity contribution in [1.29, 1.82) is 0 Å². The summed E-state index contributed by atoms with van der Waals surface area (Å²) in [6.07, 6.45) is -0.786. The van der Waals surface area contributed by atoms with Gasteiger partial charge in [-0.2, -0.15) is 0 Å². The van der Waals surface area contributed by atoms with E-state index in [0.29, 0.717) is 0 Å². The number of nitro benzene ring substituents is 1. The molecule has 1 atom stereocenters. The number of aliphatic hydroxyl groups is 1. The molecule has 0 saturated heterocycles. The maximum absolute atomic E-state index is 10.4. The zero-order valence-corrected chi connectivity index (χ0v) is 9.05. The second-order valence-electron chi connectivity index (χ2n) is 3.07. The van der Waals surface area contributed by atoms with E-state index >= 15 is 0 Å². The topological polar surface area (TPSA) is 98.6 Å². The lowest BCUT2D eigenvalue weighted by Crippen LogP contribution is -2.26. The van der Waals surface area contributed by atoms with Gasteiger partial charge in [-0.3, -0.25) is 10.1 Å². The molecule has 0 aliphatic carbocycles. The van der Waals surface area contributed by atoms with E-state index < -0.39 is 11.0 Å². The molecule has 0 amide bonds. The van der Waals surface area contributed by atoms with E-state index in [2.05, 4.69) is 0 Å². The summed E-state index contributed by atoms with van der Waals surface area (Å²) in [5.74, 6) is 0.278. The van der Waals surface area contributed by atoms with Crippen LogP contribution < -0.4 is 10.5 Å². The van der Waals surface area contributed by atoms with Crippen molar-refractivity contribution in [1.82, 2.24) is 0 Å². The van der Waals surface area contributed by atoms with Crippen LogP contribution in [-0.2, 0) is 0 Å². The Morgan fingerprint density at radius 1 is 1.62 bits per heavy atom. The van der Waals surface area contributed by atoms with Crippen LogP contribution in [0.25, 0.3) is 0 Å². The van der Waals surface area contributed by atoms with Gasteiger partial charge >= 0.3 is 0 Å². The highest BCUT2D eigenvalue weighted by atomic mass is 35.5. The summed E-state index contributed by atoms with van der Waals surface area (Å²) in [6, 6.07) is 3.84. The highest BCUT2D eigenvalue weighted by Gasteiger charge is 2.11. The summed E-state index contributed by atoms with van der Waals surface area (Å²) >= 11 is 5.76. The Hall–Kier alpha value is -1.37. The molecule has 1 unspecified atom stereocenters. The Morgan fingerprint density at radius 2 is 2.31 bits per heavy atom. The molecule has 88 valence electrons. The molecule has 1 aromatic carbocycles. The lowest BCUT2D eigenvalue weighted by Gasteiger charge is -2.10. The fourth-order valence-electron chi connectivity index (χ4n) is 0.974. The number of hydrogen-bond acceptors (Lipinski definition) is 5. The predicted octanol–water partition coefficient (Wildman–Crippen LogP) is 0.947. The number of ether oxygens (including phenoxy) is 1. The van der Waals surface area contributed by atoms with Crippen molar-refractivity contribution in [3.05, 3.63) is 33.3 Å². The molecule has 6 nitrogen and oxygen atoms in total. The van der Waals surface area contributed by atoms with Crippen molar-refractivity contribution in [3.63, 3.8) is 0 Å². The third kappa shape index (κ3) is 3.34. The highest BCUT2D eigenvalue weighted by Crippen LogP contribution is 2.28. The van der Waals surface area contributed by atoms with Crippen molar-refractivity contribution < 1.29 is 14.8 Å². The number of rotatable bonds is 5. The van der Waals surface area contributed by atoms with E-state index in [4.69, 9.17) is 27.2 Å². The molecule has 0 heterocycles. The first kappa shape index (κ1) is 12.7. The number of nitrogens with zero attached hydrogens (tertiary/aromatic N) is 1. The summed E-state index contributed by atoms with van der Waals surface area (Å²) in [4.78, 5) is 9.88. The lowest BCUT2D eigenvalue weighted by atomic mass is 10.3. The van der Waals surface area contributed by atoms with Crippen LogP contribution in [0.3, 0.4) is 0 Å². The molecular formula is C9H11ClN2O4. The van der Waals surface area contributed by atoms with Gasteiger partial charge in [0.05, 0.1) is 9.95 Å². The van der Waals surface area contributed by atoms with Gasteiger partial charge in [0.15, 0.2) is 0 Å². The van der Waals surface area contributed by atoms with Crippen LogP contribution in [0.1, 0.15) is 0 Å². The minimum absolute atomic E-state index is 0.00592. The molecule has 0 radical (unpaired) electrons. The van der Waals surface area contributed by atoms with Crippen molar-refractivity contribution >= 4 is 17.3 Å². The Bertz CT molecular complexity index is 386. The minimum atomic E-state index is -0.786. The summed E-state index contributed by atoms with van der Waals surface area (Å²) in [5.41, 5.74) is 5.07. The van der Waals surface area contributed by atoms with Gasteiger partial charge in [0.2, 0.25) is 0 Å². The second-order valence-corrected chi connectivity index (χ2v) is 3.48. The zero-order valence-electron chi connectivity index (χ0n) is 8.30. The molecule has 0 aliphatic heterocycles. The molecule has 0 bridgehead atoms. The third-order valence-corrected chi connectivity index (χ3v) is 2.12. The first-order chi connectivity index (χ1) is 7.54. The smallest absolute Gasteiger partial charge is 0.271 e. The van der Waals surface area contributed by atoms with Crippen LogP contribution in [0.15, 0.2) is 18.2 Å². The first-order valence-electron chi connectivity index (χ1n) is 4.49. The molecule has 0 saturated carbocycles. The molecule has 7 heteroatoms. The SMILES string of the molecule is NCC(O)COc1ccc([N+](=O)[O-])cc1Cl. The second kappa shape index (κ2) is 5.64. The van der Waals surface area contributed by atoms with Crippen LogP contribution in [0, 0.1) is 10.1 Å². The first-order valence-corrected chi connectivity index (χ1v) is 4.87. The standard InChI is InChI=1S/C9H11ClN2O4/c10-8-3-6(12(14)15)1-2-9(8)16-5-7(13)4-11/h1-3,7,13H,4-5,11H2. The molecular weight excluding hydrogens is 236 g/mol. The van der Waals surface area contributed by atoms with Gasteiger partial charge in [0, 0.05) is 18.7 Å². The minimum Gasteiger partial charge on any atom is -0.489 e. The van der Waals surface area contributed by atoms with E-state index in [-0.39, 0.29) is 29.6 Å². The largest absolute Gasteiger partial charge is 0.489 e. The lowest BCUT2D eigenvalue weighted by molar-refractivity contribution is -0.384. The van der Waals surface area contributed by atoms with Crippen LogP contribution >= 0.6 is 11.6 Å². The third-order valence-electron chi connectivity index (χ3n) is 1.83. The maximum atomic E-state index is 10.4. The Balaban J connectivity index is 2.72. The van der Waals surface area contributed by atoms with Crippen LogP contribution in [0.5, 0.6) is 5.75 Å². The highest BCUT2D eigenvalue weighted by molar-refractivity contribution is 6.32. The van der Waals surface area contributed by atoms with Gasteiger partial charge in [-0.25, -0.2) is 0 Å². The average molecular weight is 247 g/mol. The van der Waals surface area contributed by atoms with Crippen LogP contribution in [0.2, 0.25) is 5.02 Å². The van der Waals surface area contributed by atoms with Crippen molar-refractivity contribution in [2.24, 2.45) is 5.73 Å². The number of halogens is 1. The van der Waals surface area contributed by atoms with E-state index in [9.17, 15) is 10.1 Å². The van der Waals surface area contributed by atoms with Crippen molar-refractivity contribution in [3.8, 4) is 5.75 Å². The molecule has 3 N–H and O–H groups in total. The van der Waals surface area contributed by atoms with Gasteiger partial charge in [-0.15, -0.1) is 0 Å². The van der Waals surface area contributed by atoms with Gasteiger partial charge in [-0.05, 0) is 6.07 Å². The normalized spacial score (nSPS) is 12.2. The molecule has 0 aliphatic rings. The van der Waals surface area contributed by atoms with E-state index in [1.807, 2.05) is 0 Å². The zero-order chi connectivity index (χ0) is 12.1. The number of nitro groups is 1. The van der Waals surface area contributed by atoms with Gasteiger partial charge < -0.3 is 15.6 Å². The Morgan fingerprint density at radius 3 is 2.81 bits per heavy atom. The van der Waals surface area contributed by atoms with Crippen molar-refractivity contribution in [2.45, 2.75) is 6.10 Å².